The highest BCUT2D eigenvalue weighted by atomic mass is 35.5. The second-order valence-corrected chi connectivity index (χ2v) is 5.84. The third-order valence-corrected chi connectivity index (χ3v) is 4.37. The first-order chi connectivity index (χ1) is 10.5. The maximum atomic E-state index is 11.9. The van der Waals surface area contributed by atoms with Crippen molar-refractivity contribution in [2.75, 3.05) is 6.61 Å². The minimum atomic E-state index is -1.11. The minimum Gasteiger partial charge on any atom is -0.480 e. The van der Waals surface area contributed by atoms with Gasteiger partial charge in [-0.05, 0) is 41.3 Å². The molecule has 0 aliphatic heterocycles. The van der Waals surface area contributed by atoms with Crippen molar-refractivity contribution < 1.29 is 19.4 Å². The predicted molar refractivity (Wildman–Crippen MR) is 87.3 cm³/mol. The lowest BCUT2D eigenvalue weighted by Crippen LogP contribution is -2.09. The third-order valence-electron chi connectivity index (χ3n) is 2.61. The summed E-state index contributed by atoms with van der Waals surface area (Å²) in [7, 11) is 0. The quantitative estimate of drug-likeness (QED) is 0.614. The van der Waals surface area contributed by atoms with Gasteiger partial charge in [-0.2, -0.15) is 0 Å². The molecule has 2 aromatic rings. The molecule has 0 saturated heterocycles. The molecule has 4 nitrogen and oxygen atoms in total. The topological polar surface area (TPSA) is 63.6 Å². The number of benzene rings is 1. The standard InChI is InChI=1S/C15H10Cl2O4S/c16-14-9(3-5-10(18)12-2-1-7-22-12)4-6-11(15(14)17)21-8-13(19)20/h1-7H,8H2,(H,19,20). The van der Waals surface area contributed by atoms with Crippen LogP contribution in [-0.4, -0.2) is 23.5 Å². The number of carboxylic acids is 1. The van der Waals surface area contributed by atoms with Crippen molar-refractivity contribution in [2.24, 2.45) is 0 Å². The van der Waals surface area contributed by atoms with Crippen molar-refractivity contribution in [3.63, 3.8) is 0 Å². The van der Waals surface area contributed by atoms with E-state index in [9.17, 15) is 9.59 Å². The first-order valence-corrected chi connectivity index (χ1v) is 7.71. The van der Waals surface area contributed by atoms with Crippen LogP contribution in [0, 0.1) is 0 Å². The molecule has 0 amide bonds. The normalized spacial score (nSPS) is 10.8. The smallest absolute Gasteiger partial charge is 0.341 e. The van der Waals surface area contributed by atoms with Crippen LogP contribution in [0.5, 0.6) is 5.75 Å². The first-order valence-electron chi connectivity index (χ1n) is 6.07. The molecule has 7 heteroatoms. The van der Waals surface area contributed by atoms with E-state index in [1.807, 2.05) is 5.38 Å². The van der Waals surface area contributed by atoms with Crippen LogP contribution in [0.25, 0.3) is 6.08 Å². The number of carbonyl (C=O) groups excluding carboxylic acids is 1. The Bertz CT molecular complexity index is 723. The molecule has 114 valence electrons. The number of carboxylic acid groups (broad SMARTS) is 1. The van der Waals surface area contributed by atoms with E-state index in [-0.39, 0.29) is 21.6 Å². The van der Waals surface area contributed by atoms with Crippen molar-refractivity contribution in [2.45, 2.75) is 0 Å². The van der Waals surface area contributed by atoms with Gasteiger partial charge in [0.2, 0.25) is 0 Å². The molecule has 2 rings (SSSR count). The second-order valence-electron chi connectivity index (χ2n) is 4.14. The van der Waals surface area contributed by atoms with Gasteiger partial charge in [-0.25, -0.2) is 4.79 Å². The van der Waals surface area contributed by atoms with Crippen LogP contribution in [0.1, 0.15) is 15.2 Å². The van der Waals surface area contributed by atoms with Gasteiger partial charge >= 0.3 is 5.97 Å². The lowest BCUT2D eigenvalue weighted by Gasteiger charge is -2.08. The fraction of sp³-hybridized carbons (Fsp3) is 0.0667. The maximum absolute atomic E-state index is 11.9. The highest BCUT2D eigenvalue weighted by Gasteiger charge is 2.11. The second kappa shape index (κ2) is 7.45. The van der Waals surface area contributed by atoms with Gasteiger partial charge in [0.05, 0.1) is 9.90 Å². The molecule has 1 aromatic carbocycles. The Kier molecular flexibility index (Phi) is 5.60. The highest BCUT2D eigenvalue weighted by Crippen LogP contribution is 2.35. The van der Waals surface area contributed by atoms with Crippen molar-refractivity contribution in [3.8, 4) is 5.75 Å². The number of hydrogen-bond acceptors (Lipinski definition) is 4. The van der Waals surface area contributed by atoms with Crippen LogP contribution in [0.2, 0.25) is 10.0 Å². The Labute approximate surface area is 140 Å². The number of halogens is 2. The fourth-order valence-corrected chi connectivity index (χ4v) is 2.68. The van der Waals surface area contributed by atoms with Crippen LogP contribution in [0.15, 0.2) is 35.7 Å². The van der Waals surface area contributed by atoms with Gasteiger partial charge in [0, 0.05) is 0 Å². The average Bonchev–Trinajstić information content (AvgIpc) is 3.01. The largest absolute Gasteiger partial charge is 0.480 e. The van der Waals surface area contributed by atoms with Crippen LogP contribution in [0.3, 0.4) is 0 Å². The summed E-state index contributed by atoms with van der Waals surface area (Å²) in [5.41, 5.74) is 0.541. The van der Waals surface area contributed by atoms with E-state index < -0.39 is 12.6 Å². The summed E-state index contributed by atoms with van der Waals surface area (Å²) >= 11 is 13.5. The van der Waals surface area contributed by atoms with Crippen LogP contribution in [-0.2, 0) is 4.79 Å². The zero-order chi connectivity index (χ0) is 16.1. The monoisotopic (exact) mass is 356 g/mol. The molecule has 1 heterocycles. The summed E-state index contributed by atoms with van der Waals surface area (Å²) in [6.45, 7) is -0.512. The Morgan fingerprint density at radius 1 is 1.23 bits per heavy atom. The van der Waals surface area contributed by atoms with Gasteiger partial charge < -0.3 is 9.84 Å². The molecule has 0 bridgehead atoms. The number of thiophene rings is 1. The molecular formula is C15H10Cl2O4S. The molecule has 22 heavy (non-hydrogen) atoms. The average molecular weight is 357 g/mol. The van der Waals surface area contributed by atoms with Crippen molar-refractivity contribution in [3.05, 3.63) is 56.2 Å². The molecule has 0 saturated carbocycles. The van der Waals surface area contributed by atoms with E-state index in [1.165, 1.54) is 23.5 Å². The number of carbonyl (C=O) groups is 2. The number of ether oxygens (including phenoxy) is 1. The predicted octanol–water partition coefficient (Wildman–Crippen LogP) is 4.41. The van der Waals surface area contributed by atoms with E-state index in [0.29, 0.717) is 10.4 Å². The van der Waals surface area contributed by atoms with Gasteiger partial charge in [-0.1, -0.05) is 29.3 Å². The molecule has 0 radical (unpaired) electrons. The summed E-state index contributed by atoms with van der Waals surface area (Å²) in [5.74, 6) is -1.07. The molecule has 0 spiro atoms. The summed E-state index contributed by atoms with van der Waals surface area (Å²) in [5, 5.41) is 10.7. The van der Waals surface area contributed by atoms with E-state index in [4.69, 9.17) is 33.0 Å². The third kappa shape index (κ3) is 4.10. The lowest BCUT2D eigenvalue weighted by atomic mass is 10.1. The molecule has 0 fully saturated rings. The Morgan fingerprint density at radius 2 is 2.00 bits per heavy atom. The number of rotatable bonds is 6. The minimum absolute atomic E-state index is 0.105. The van der Waals surface area contributed by atoms with Gasteiger partial charge in [0.25, 0.3) is 0 Å². The Balaban J connectivity index is 2.17. The van der Waals surface area contributed by atoms with E-state index in [0.717, 1.165) is 0 Å². The van der Waals surface area contributed by atoms with Crippen molar-refractivity contribution in [1.82, 2.24) is 0 Å². The molecule has 1 aromatic heterocycles. The van der Waals surface area contributed by atoms with E-state index >= 15 is 0 Å². The zero-order valence-electron chi connectivity index (χ0n) is 11.1. The molecule has 0 aliphatic carbocycles. The first kappa shape index (κ1) is 16.5. The summed E-state index contributed by atoms with van der Waals surface area (Å²) in [6.07, 6.45) is 2.96. The number of allylic oxidation sites excluding steroid dienone is 1. The number of aliphatic carboxylic acids is 1. The van der Waals surface area contributed by atoms with Crippen LogP contribution >= 0.6 is 34.5 Å². The highest BCUT2D eigenvalue weighted by molar-refractivity contribution is 7.12. The molecule has 0 aliphatic rings. The summed E-state index contributed by atoms with van der Waals surface area (Å²) in [4.78, 5) is 23.0. The maximum Gasteiger partial charge on any atom is 0.341 e. The van der Waals surface area contributed by atoms with Gasteiger partial charge in [-0.3, -0.25) is 4.79 Å². The Hall–Kier alpha value is -1.82. The molecule has 1 N–H and O–H groups in total. The lowest BCUT2D eigenvalue weighted by molar-refractivity contribution is -0.139. The number of hydrogen-bond donors (Lipinski definition) is 1. The summed E-state index contributed by atoms with van der Waals surface area (Å²) in [6, 6.07) is 6.63. The zero-order valence-corrected chi connectivity index (χ0v) is 13.4. The SMILES string of the molecule is O=C(O)COc1ccc(C=CC(=O)c2cccs2)c(Cl)c1Cl. The van der Waals surface area contributed by atoms with Crippen LogP contribution in [0.4, 0.5) is 0 Å². The van der Waals surface area contributed by atoms with Gasteiger partial charge in [-0.15, -0.1) is 11.3 Å². The Morgan fingerprint density at radius 3 is 2.64 bits per heavy atom. The van der Waals surface area contributed by atoms with Crippen LogP contribution < -0.4 is 4.74 Å². The molecule has 0 atom stereocenters. The molecule has 0 unspecified atom stereocenters. The summed E-state index contributed by atoms with van der Waals surface area (Å²) < 4.78 is 5.01. The van der Waals surface area contributed by atoms with Gasteiger partial charge in [0.1, 0.15) is 10.8 Å². The fourth-order valence-electron chi connectivity index (χ4n) is 1.59. The van der Waals surface area contributed by atoms with Crippen molar-refractivity contribution in [1.29, 1.82) is 0 Å². The van der Waals surface area contributed by atoms with Crippen molar-refractivity contribution >= 4 is 52.4 Å². The molecular weight excluding hydrogens is 347 g/mol. The van der Waals surface area contributed by atoms with E-state index in [1.54, 1.807) is 24.3 Å². The van der Waals surface area contributed by atoms with E-state index in [2.05, 4.69) is 0 Å². The number of ketones is 1. The van der Waals surface area contributed by atoms with Gasteiger partial charge in [0.15, 0.2) is 12.4 Å².